The molecule has 0 amide bonds. The van der Waals surface area contributed by atoms with Gasteiger partial charge in [-0.3, -0.25) is 4.79 Å². The molecule has 0 atom stereocenters. The number of aryl methyl sites for hydroxylation is 3. The summed E-state index contributed by atoms with van der Waals surface area (Å²) in [5.41, 5.74) is 11.6. The van der Waals surface area contributed by atoms with Crippen molar-refractivity contribution >= 4 is 11.5 Å². The number of rotatable bonds is 5. The van der Waals surface area contributed by atoms with Crippen LogP contribution in [0.3, 0.4) is 0 Å². The zero-order valence-corrected chi connectivity index (χ0v) is 13.1. The van der Waals surface area contributed by atoms with Gasteiger partial charge in [-0.1, -0.05) is 32.9 Å². The number of benzene rings is 2. The van der Waals surface area contributed by atoms with Gasteiger partial charge in [0.05, 0.1) is 0 Å². The van der Waals surface area contributed by atoms with E-state index in [-0.39, 0.29) is 5.78 Å². The molecule has 0 spiro atoms. The average Bonchev–Trinajstić information content (AvgIpc) is 2.53. The summed E-state index contributed by atoms with van der Waals surface area (Å²) >= 11 is 0. The van der Waals surface area contributed by atoms with Gasteiger partial charge in [0.25, 0.3) is 0 Å². The molecule has 110 valence electrons. The third kappa shape index (κ3) is 3.15. The highest BCUT2D eigenvalue weighted by Crippen LogP contribution is 2.23. The first-order valence-electron chi connectivity index (χ1n) is 7.65. The van der Waals surface area contributed by atoms with Crippen molar-refractivity contribution in [2.24, 2.45) is 0 Å². The summed E-state index contributed by atoms with van der Waals surface area (Å²) < 4.78 is 0. The van der Waals surface area contributed by atoms with Crippen molar-refractivity contribution in [3.63, 3.8) is 0 Å². The standard InChI is InChI=1S/C19H23NO/c1-4-13-11-14(5-2)18(15(6-3)12-13)19(21)16-7-9-17(20)10-8-16/h7-12H,4-6,20H2,1-3H3. The molecule has 0 saturated carbocycles. The van der Waals surface area contributed by atoms with Crippen LogP contribution >= 0.6 is 0 Å². The third-order valence-corrected chi connectivity index (χ3v) is 3.93. The Morgan fingerprint density at radius 1 is 0.905 bits per heavy atom. The molecule has 0 aliphatic heterocycles. The Morgan fingerprint density at radius 3 is 1.86 bits per heavy atom. The maximum atomic E-state index is 12.9. The molecular formula is C19H23NO. The van der Waals surface area contributed by atoms with E-state index in [1.54, 1.807) is 12.1 Å². The van der Waals surface area contributed by atoms with Gasteiger partial charge in [0.15, 0.2) is 5.78 Å². The highest BCUT2D eigenvalue weighted by Gasteiger charge is 2.17. The molecular weight excluding hydrogens is 258 g/mol. The highest BCUT2D eigenvalue weighted by molar-refractivity contribution is 6.11. The molecule has 2 aromatic rings. The Bertz CT molecular complexity index is 616. The fourth-order valence-corrected chi connectivity index (χ4v) is 2.67. The summed E-state index contributed by atoms with van der Waals surface area (Å²) in [4.78, 5) is 12.9. The van der Waals surface area contributed by atoms with E-state index < -0.39 is 0 Å². The number of carbonyl (C=O) groups excluding carboxylic acids is 1. The van der Waals surface area contributed by atoms with Gasteiger partial charge in [-0.2, -0.15) is 0 Å². The van der Waals surface area contributed by atoms with Crippen LogP contribution in [-0.4, -0.2) is 5.78 Å². The van der Waals surface area contributed by atoms with Gasteiger partial charge in [0.2, 0.25) is 0 Å². The van der Waals surface area contributed by atoms with E-state index in [1.807, 2.05) is 12.1 Å². The van der Waals surface area contributed by atoms with Crippen molar-refractivity contribution in [3.05, 3.63) is 64.2 Å². The van der Waals surface area contributed by atoms with Gasteiger partial charge in [0, 0.05) is 16.8 Å². The minimum Gasteiger partial charge on any atom is -0.399 e. The van der Waals surface area contributed by atoms with Crippen LogP contribution in [0, 0.1) is 0 Å². The van der Waals surface area contributed by atoms with Crippen molar-refractivity contribution in [2.45, 2.75) is 40.0 Å². The van der Waals surface area contributed by atoms with Crippen molar-refractivity contribution in [1.82, 2.24) is 0 Å². The van der Waals surface area contributed by atoms with Crippen LogP contribution in [0.5, 0.6) is 0 Å². The van der Waals surface area contributed by atoms with E-state index in [4.69, 9.17) is 5.73 Å². The second-order valence-corrected chi connectivity index (χ2v) is 5.30. The molecule has 21 heavy (non-hydrogen) atoms. The van der Waals surface area contributed by atoms with Crippen LogP contribution in [-0.2, 0) is 19.3 Å². The SMILES string of the molecule is CCc1cc(CC)c(C(=O)c2ccc(N)cc2)c(CC)c1. The van der Waals surface area contributed by atoms with E-state index in [2.05, 4.69) is 32.9 Å². The first-order chi connectivity index (χ1) is 10.1. The lowest BCUT2D eigenvalue weighted by Crippen LogP contribution is -2.10. The lowest BCUT2D eigenvalue weighted by molar-refractivity contribution is 0.103. The average molecular weight is 281 g/mol. The number of anilines is 1. The van der Waals surface area contributed by atoms with Gasteiger partial charge in [-0.25, -0.2) is 0 Å². The monoisotopic (exact) mass is 281 g/mol. The lowest BCUT2D eigenvalue weighted by atomic mass is 9.89. The summed E-state index contributed by atoms with van der Waals surface area (Å²) in [7, 11) is 0. The molecule has 2 nitrogen and oxygen atoms in total. The lowest BCUT2D eigenvalue weighted by Gasteiger charge is -2.15. The number of hydrogen-bond donors (Lipinski definition) is 1. The Labute approximate surface area is 127 Å². The van der Waals surface area contributed by atoms with Crippen LogP contribution in [0.4, 0.5) is 5.69 Å². The van der Waals surface area contributed by atoms with Crippen LogP contribution in [0.2, 0.25) is 0 Å². The van der Waals surface area contributed by atoms with Crippen LogP contribution in [0.15, 0.2) is 36.4 Å². The molecule has 2 N–H and O–H groups in total. The van der Waals surface area contributed by atoms with Crippen LogP contribution in [0.25, 0.3) is 0 Å². The number of ketones is 1. The number of nitrogen functional groups attached to an aromatic ring is 1. The van der Waals surface area contributed by atoms with Gasteiger partial charge in [0.1, 0.15) is 0 Å². The predicted molar refractivity (Wildman–Crippen MR) is 88.9 cm³/mol. The minimum atomic E-state index is 0.103. The molecule has 0 aliphatic carbocycles. The van der Waals surface area contributed by atoms with E-state index >= 15 is 0 Å². The van der Waals surface area contributed by atoms with Gasteiger partial charge in [-0.15, -0.1) is 0 Å². The van der Waals surface area contributed by atoms with Crippen LogP contribution in [0.1, 0.15) is 53.4 Å². The Morgan fingerprint density at radius 2 is 1.43 bits per heavy atom. The second kappa shape index (κ2) is 6.57. The normalized spacial score (nSPS) is 10.6. The molecule has 2 heteroatoms. The molecule has 0 unspecified atom stereocenters. The number of nitrogens with two attached hydrogens (primary N) is 1. The summed E-state index contributed by atoms with van der Waals surface area (Å²) in [5, 5.41) is 0. The molecule has 0 bridgehead atoms. The highest BCUT2D eigenvalue weighted by atomic mass is 16.1. The molecule has 0 aromatic heterocycles. The number of carbonyl (C=O) groups is 1. The van der Waals surface area contributed by atoms with Crippen molar-refractivity contribution in [3.8, 4) is 0 Å². The van der Waals surface area contributed by atoms with E-state index in [9.17, 15) is 4.79 Å². The van der Waals surface area contributed by atoms with E-state index in [0.717, 1.165) is 36.0 Å². The predicted octanol–water partition coefficient (Wildman–Crippen LogP) is 4.19. The zero-order chi connectivity index (χ0) is 15.4. The molecule has 0 aliphatic rings. The van der Waals surface area contributed by atoms with Crippen LogP contribution < -0.4 is 5.73 Å². The Balaban J connectivity index is 2.55. The molecule has 0 fully saturated rings. The van der Waals surface area contributed by atoms with Gasteiger partial charge >= 0.3 is 0 Å². The summed E-state index contributed by atoms with van der Waals surface area (Å²) in [5.74, 6) is 0.103. The molecule has 2 aromatic carbocycles. The smallest absolute Gasteiger partial charge is 0.193 e. The van der Waals surface area contributed by atoms with Gasteiger partial charge in [-0.05, 0) is 60.2 Å². The first kappa shape index (κ1) is 15.3. The summed E-state index contributed by atoms with van der Waals surface area (Å²) in [6.07, 6.45) is 2.74. The number of hydrogen-bond acceptors (Lipinski definition) is 2. The van der Waals surface area contributed by atoms with Crippen molar-refractivity contribution < 1.29 is 4.79 Å². The largest absolute Gasteiger partial charge is 0.399 e. The van der Waals surface area contributed by atoms with E-state index in [0.29, 0.717) is 11.3 Å². The maximum absolute atomic E-state index is 12.9. The quantitative estimate of drug-likeness (QED) is 0.659. The first-order valence-corrected chi connectivity index (χ1v) is 7.65. The van der Waals surface area contributed by atoms with Crippen molar-refractivity contribution in [1.29, 1.82) is 0 Å². The zero-order valence-electron chi connectivity index (χ0n) is 13.1. The molecule has 2 rings (SSSR count). The molecule has 0 heterocycles. The summed E-state index contributed by atoms with van der Waals surface area (Å²) in [6, 6.07) is 11.5. The fourth-order valence-electron chi connectivity index (χ4n) is 2.67. The van der Waals surface area contributed by atoms with E-state index in [1.165, 1.54) is 5.56 Å². The molecule has 0 radical (unpaired) electrons. The van der Waals surface area contributed by atoms with Crippen molar-refractivity contribution in [2.75, 3.05) is 5.73 Å². The summed E-state index contributed by atoms with van der Waals surface area (Å²) in [6.45, 7) is 6.36. The molecule has 0 saturated heterocycles. The van der Waals surface area contributed by atoms with Gasteiger partial charge < -0.3 is 5.73 Å². The maximum Gasteiger partial charge on any atom is 0.193 e. The fraction of sp³-hybridized carbons (Fsp3) is 0.316. The Hall–Kier alpha value is -2.09. The topological polar surface area (TPSA) is 43.1 Å². The Kier molecular flexibility index (Phi) is 4.79. The second-order valence-electron chi connectivity index (χ2n) is 5.30. The minimum absolute atomic E-state index is 0.103. The third-order valence-electron chi connectivity index (χ3n) is 3.93.